The van der Waals surface area contributed by atoms with Gasteiger partial charge in [0.15, 0.2) is 0 Å². The number of anilines is 2. The van der Waals surface area contributed by atoms with Crippen molar-refractivity contribution in [3.05, 3.63) is 58.1 Å². The van der Waals surface area contributed by atoms with Crippen LogP contribution in [-0.2, 0) is 4.79 Å². The van der Waals surface area contributed by atoms with Crippen LogP contribution in [0.1, 0.15) is 30.1 Å². The number of carbonyl (C=O) groups excluding carboxylic acids is 2. The Morgan fingerprint density at radius 3 is 2.54 bits per heavy atom. The molecule has 0 unspecified atom stereocenters. The van der Waals surface area contributed by atoms with Crippen molar-refractivity contribution in [1.29, 1.82) is 0 Å². The summed E-state index contributed by atoms with van der Waals surface area (Å²) in [5, 5.41) is 9.45. The zero-order valence-electron chi connectivity index (χ0n) is 14.4. The zero-order valence-corrected chi connectivity index (χ0v) is 16.0. The lowest BCUT2D eigenvalue weighted by Crippen LogP contribution is -2.25. The number of benzene rings is 2. The Labute approximate surface area is 163 Å². The first-order valence-electron chi connectivity index (χ1n) is 8.36. The van der Waals surface area contributed by atoms with Gasteiger partial charge in [-0.25, -0.2) is 0 Å². The smallest absolute Gasteiger partial charge is 0.251 e. The Morgan fingerprint density at radius 2 is 1.81 bits per heavy atom. The fourth-order valence-corrected chi connectivity index (χ4v) is 2.51. The average molecular weight is 394 g/mol. The van der Waals surface area contributed by atoms with E-state index in [2.05, 4.69) is 22.9 Å². The summed E-state index contributed by atoms with van der Waals surface area (Å²) in [4.78, 5) is 24.2. The molecule has 2 aromatic rings. The quantitative estimate of drug-likeness (QED) is 0.575. The van der Waals surface area contributed by atoms with Crippen LogP contribution in [0.5, 0.6) is 0 Å². The first-order chi connectivity index (χ1) is 12.5. The van der Waals surface area contributed by atoms with Gasteiger partial charge in [0.25, 0.3) is 5.91 Å². The van der Waals surface area contributed by atoms with Crippen molar-refractivity contribution in [3.63, 3.8) is 0 Å². The van der Waals surface area contributed by atoms with Crippen LogP contribution in [0, 0.1) is 0 Å². The van der Waals surface area contributed by atoms with Crippen molar-refractivity contribution in [3.8, 4) is 0 Å². The third-order valence-corrected chi connectivity index (χ3v) is 4.34. The molecule has 0 aliphatic heterocycles. The highest BCUT2D eigenvalue weighted by Crippen LogP contribution is 2.24. The van der Waals surface area contributed by atoms with E-state index in [-0.39, 0.29) is 18.4 Å². The van der Waals surface area contributed by atoms with E-state index in [9.17, 15) is 9.59 Å². The van der Waals surface area contributed by atoms with E-state index < -0.39 is 0 Å². The second-order valence-corrected chi connectivity index (χ2v) is 6.54. The normalized spacial score (nSPS) is 10.3. The standard InChI is InChI=1S/C19H21Cl2N3O2/c1-2-3-9-22-19(26)13-5-4-6-15(10-13)24-18(25)12-23-14-7-8-16(20)17(21)11-14/h4-8,10-11,23H,2-3,9,12H2,1H3,(H,22,26)(H,24,25). The first-order valence-corrected chi connectivity index (χ1v) is 9.12. The summed E-state index contributed by atoms with van der Waals surface area (Å²) < 4.78 is 0. The van der Waals surface area contributed by atoms with Gasteiger partial charge in [-0.2, -0.15) is 0 Å². The molecule has 0 radical (unpaired) electrons. The van der Waals surface area contributed by atoms with Gasteiger partial charge in [-0.3, -0.25) is 9.59 Å². The van der Waals surface area contributed by atoms with Gasteiger partial charge < -0.3 is 16.0 Å². The molecule has 2 rings (SSSR count). The largest absolute Gasteiger partial charge is 0.376 e. The van der Waals surface area contributed by atoms with Crippen LogP contribution in [-0.4, -0.2) is 24.9 Å². The van der Waals surface area contributed by atoms with E-state index in [0.717, 1.165) is 12.8 Å². The Bertz CT molecular complexity index is 781. The summed E-state index contributed by atoms with van der Waals surface area (Å²) in [5.74, 6) is -0.386. The minimum atomic E-state index is -0.236. The van der Waals surface area contributed by atoms with Crippen molar-refractivity contribution in [2.24, 2.45) is 0 Å². The van der Waals surface area contributed by atoms with Gasteiger partial charge in [-0.15, -0.1) is 0 Å². The molecular formula is C19H21Cl2N3O2. The molecule has 0 bridgehead atoms. The number of amides is 2. The van der Waals surface area contributed by atoms with Gasteiger partial charge in [0.05, 0.1) is 16.6 Å². The predicted octanol–water partition coefficient (Wildman–Crippen LogP) is 4.57. The molecule has 0 aliphatic rings. The van der Waals surface area contributed by atoms with Gasteiger partial charge in [0.1, 0.15) is 0 Å². The number of halogens is 2. The van der Waals surface area contributed by atoms with Gasteiger partial charge in [0.2, 0.25) is 5.91 Å². The third kappa shape index (κ3) is 6.24. The van der Waals surface area contributed by atoms with Crippen LogP contribution in [0.15, 0.2) is 42.5 Å². The molecule has 5 nitrogen and oxygen atoms in total. The number of hydrogen-bond acceptors (Lipinski definition) is 3. The molecule has 2 amide bonds. The van der Waals surface area contributed by atoms with Gasteiger partial charge in [0, 0.05) is 23.5 Å². The summed E-state index contributed by atoms with van der Waals surface area (Å²) in [6.07, 6.45) is 1.95. The Morgan fingerprint density at radius 1 is 1.00 bits per heavy atom. The molecule has 0 fully saturated rings. The van der Waals surface area contributed by atoms with Gasteiger partial charge in [-0.05, 0) is 42.8 Å². The Kier molecular flexibility index (Phi) is 7.75. The van der Waals surface area contributed by atoms with Crippen molar-refractivity contribution in [2.45, 2.75) is 19.8 Å². The summed E-state index contributed by atoms with van der Waals surface area (Å²) in [7, 11) is 0. The van der Waals surface area contributed by atoms with Crippen molar-refractivity contribution in [1.82, 2.24) is 5.32 Å². The van der Waals surface area contributed by atoms with E-state index >= 15 is 0 Å². The van der Waals surface area contributed by atoms with E-state index in [0.29, 0.717) is 33.5 Å². The summed E-state index contributed by atoms with van der Waals surface area (Å²) in [6, 6.07) is 11.9. The molecule has 0 aromatic heterocycles. The summed E-state index contributed by atoms with van der Waals surface area (Å²) >= 11 is 11.8. The minimum absolute atomic E-state index is 0.0604. The van der Waals surface area contributed by atoms with Crippen LogP contribution < -0.4 is 16.0 Å². The van der Waals surface area contributed by atoms with Crippen molar-refractivity contribution < 1.29 is 9.59 Å². The lowest BCUT2D eigenvalue weighted by Gasteiger charge is -2.10. The maximum atomic E-state index is 12.1. The highest BCUT2D eigenvalue weighted by Gasteiger charge is 2.08. The number of hydrogen-bond donors (Lipinski definition) is 3. The number of rotatable bonds is 8. The SMILES string of the molecule is CCCCNC(=O)c1cccc(NC(=O)CNc2ccc(Cl)c(Cl)c2)c1. The monoisotopic (exact) mass is 393 g/mol. The molecule has 0 heterocycles. The fourth-order valence-electron chi connectivity index (χ4n) is 2.21. The molecule has 7 heteroatoms. The van der Waals surface area contributed by atoms with Crippen LogP contribution in [0.4, 0.5) is 11.4 Å². The first kappa shape index (κ1) is 20.1. The molecule has 3 N–H and O–H groups in total. The average Bonchev–Trinajstić information content (AvgIpc) is 2.63. The van der Waals surface area contributed by atoms with Crippen LogP contribution in [0.2, 0.25) is 10.0 Å². The molecule has 0 saturated heterocycles. The highest BCUT2D eigenvalue weighted by atomic mass is 35.5. The Hall–Kier alpha value is -2.24. The highest BCUT2D eigenvalue weighted by molar-refractivity contribution is 6.42. The van der Waals surface area contributed by atoms with Gasteiger partial charge in [-0.1, -0.05) is 42.6 Å². The van der Waals surface area contributed by atoms with Crippen LogP contribution in [0.25, 0.3) is 0 Å². The molecule has 26 heavy (non-hydrogen) atoms. The topological polar surface area (TPSA) is 70.2 Å². The van der Waals surface area contributed by atoms with E-state index in [1.54, 1.807) is 42.5 Å². The maximum Gasteiger partial charge on any atom is 0.251 e. The van der Waals surface area contributed by atoms with Crippen molar-refractivity contribution in [2.75, 3.05) is 23.7 Å². The second-order valence-electron chi connectivity index (χ2n) is 5.72. The summed E-state index contributed by atoms with van der Waals surface area (Å²) in [5.41, 5.74) is 1.77. The van der Waals surface area contributed by atoms with Crippen molar-refractivity contribution >= 4 is 46.4 Å². The predicted molar refractivity (Wildman–Crippen MR) is 107 cm³/mol. The van der Waals surface area contributed by atoms with E-state index in [1.807, 2.05) is 0 Å². The molecule has 138 valence electrons. The zero-order chi connectivity index (χ0) is 18.9. The van der Waals surface area contributed by atoms with E-state index in [1.165, 1.54) is 0 Å². The fraction of sp³-hybridized carbons (Fsp3) is 0.263. The third-order valence-electron chi connectivity index (χ3n) is 3.60. The summed E-state index contributed by atoms with van der Waals surface area (Å²) in [6.45, 7) is 2.76. The van der Waals surface area contributed by atoms with Crippen LogP contribution >= 0.6 is 23.2 Å². The molecule has 0 spiro atoms. The van der Waals surface area contributed by atoms with Gasteiger partial charge >= 0.3 is 0 Å². The molecule has 0 atom stereocenters. The Balaban J connectivity index is 1.89. The maximum absolute atomic E-state index is 12.1. The molecular weight excluding hydrogens is 373 g/mol. The molecule has 2 aromatic carbocycles. The lowest BCUT2D eigenvalue weighted by molar-refractivity contribution is -0.114. The van der Waals surface area contributed by atoms with Crippen LogP contribution in [0.3, 0.4) is 0 Å². The second kappa shape index (κ2) is 10.0. The molecule has 0 aliphatic carbocycles. The number of carbonyl (C=O) groups is 2. The van der Waals surface area contributed by atoms with E-state index in [4.69, 9.17) is 23.2 Å². The molecule has 0 saturated carbocycles. The minimum Gasteiger partial charge on any atom is -0.376 e. The lowest BCUT2D eigenvalue weighted by atomic mass is 10.2. The number of nitrogens with one attached hydrogen (secondary N) is 3. The number of unbranched alkanes of at least 4 members (excludes halogenated alkanes) is 1.